The summed E-state index contributed by atoms with van der Waals surface area (Å²) in [7, 11) is 0. The zero-order chi connectivity index (χ0) is 26.0. The molecule has 1 aliphatic rings. The Balaban J connectivity index is 0.000000625. The van der Waals surface area contributed by atoms with Crippen molar-refractivity contribution in [3.8, 4) is 0 Å². The van der Waals surface area contributed by atoms with Crippen molar-refractivity contribution in [1.29, 1.82) is 5.41 Å². The maximum atomic E-state index is 12.7. The van der Waals surface area contributed by atoms with Gasteiger partial charge in [-0.15, -0.1) is 0 Å². The molecule has 1 aliphatic heterocycles. The van der Waals surface area contributed by atoms with Gasteiger partial charge in [-0.25, -0.2) is 0 Å². The number of aromatic nitrogens is 1. The first-order valence-corrected chi connectivity index (χ1v) is 15.2. The summed E-state index contributed by atoms with van der Waals surface area (Å²) in [5, 5.41) is 13.2. The van der Waals surface area contributed by atoms with E-state index in [-0.39, 0.29) is 11.9 Å². The highest BCUT2D eigenvalue weighted by Gasteiger charge is 2.36. The van der Waals surface area contributed by atoms with Crippen molar-refractivity contribution in [3.05, 3.63) is 54.4 Å². The molecule has 1 fully saturated rings. The molecule has 2 heterocycles. The number of piperazine rings is 1. The van der Waals surface area contributed by atoms with Crippen LogP contribution in [0.4, 0.5) is 11.4 Å². The quantitative estimate of drug-likeness (QED) is 0.208. The van der Waals surface area contributed by atoms with Crippen LogP contribution >= 0.6 is 28.4 Å². The van der Waals surface area contributed by atoms with E-state index in [1.807, 2.05) is 64.1 Å². The minimum Gasteiger partial charge on any atom is -0.356 e. The Morgan fingerprint density at radius 1 is 1.11 bits per heavy atom. The molecule has 2 atom stereocenters. The van der Waals surface area contributed by atoms with E-state index in [0.717, 1.165) is 6.21 Å². The summed E-state index contributed by atoms with van der Waals surface area (Å²) in [6.07, 6.45) is 4.41. The zero-order valence-electron chi connectivity index (χ0n) is 20.3. The summed E-state index contributed by atoms with van der Waals surface area (Å²) < 4.78 is 0. The fraction of sp³-hybridized carbons (Fsp3) is 0.375. The number of anilines is 2. The van der Waals surface area contributed by atoms with Crippen LogP contribution in [0.25, 0.3) is 0 Å². The minimum atomic E-state index is -0.767. The molecule has 0 saturated carbocycles. The predicted molar refractivity (Wildman–Crippen MR) is 150 cm³/mol. The Morgan fingerprint density at radius 3 is 2.20 bits per heavy atom. The first-order chi connectivity index (χ1) is 16.6. The van der Waals surface area contributed by atoms with Crippen molar-refractivity contribution >= 4 is 63.7 Å². The number of hydrogen-bond donors (Lipinski definition) is 3. The zero-order valence-corrected chi connectivity index (χ0v) is 23.5. The van der Waals surface area contributed by atoms with E-state index in [2.05, 4.69) is 37.4 Å². The van der Waals surface area contributed by atoms with Gasteiger partial charge in [0.2, 0.25) is 5.91 Å². The topological polar surface area (TPSA) is 118 Å². The molecule has 0 aliphatic carbocycles. The maximum Gasteiger partial charge on any atom is 0.314 e. The average Bonchev–Trinajstić information content (AvgIpc) is 2.85. The van der Waals surface area contributed by atoms with Gasteiger partial charge < -0.3 is 25.6 Å². The number of rotatable bonds is 4. The van der Waals surface area contributed by atoms with E-state index < -0.39 is 17.2 Å². The molecule has 0 radical (unpaired) electrons. The Labute approximate surface area is 221 Å². The summed E-state index contributed by atoms with van der Waals surface area (Å²) >= 11 is 2.14. The van der Waals surface area contributed by atoms with Crippen molar-refractivity contribution in [2.24, 2.45) is 5.41 Å². The molecular formula is C24H32IN6O3P. The van der Waals surface area contributed by atoms with E-state index >= 15 is 0 Å². The third-order valence-electron chi connectivity index (χ3n) is 5.23. The van der Waals surface area contributed by atoms with Gasteiger partial charge in [-0.3, -0.25) is 19.4 Å². The van der Waals surface area contributed by atoms with E-state index in [9.17, 15) is 14.4 Å². The highest BCUT2D eigenvalue weighted by atomic mass is 127. The first kappa shape index (κ1) is 28.6. The number of benzene rings is 1. The van der Waals surface area contributed by atoms with Gasteiger partial charge in [0, 0.05) is 55.4 Å². The average molecular weight is 610 g/mol. The third-order valence-corrected chi connectivity index (χ3v) is 6.38. The molecule has 11 heteroatoms. The van der Waals surface area contributed by atoms with Crippen molar-refractivity contribution in [3.63, 3.8) is 0 Å². The van der Waals surface area contributed by atoms with Crippen molar-refractivity contribution in [2.75, 3.05) is 30.0 Å². The molecule has 3 amide bonds. The molecule has 2 aromatic rings. The van der Waals surface area contributed by atoms with Gasteiger partial charge in [0.15, 0.2) is 0 Å². The van der Waals surface area contributed by atoms with Gasteiger partial charge in [0.1, 0.15) is 0 Å². The van der Waals surface area contributed by atoms with Crippen molar-refractivity contribution < 1.29 is 14.4 Å². The number of nitrogens with zero attached hydrogens (tertiary/aromatic N) is 3. The van der Waals surface area contributed by atoms with Gasteiger partial charge >= 0.3 is 11.8 Å². The van der Waals surface area contributed by atoms with Crippen LogP contribution < -0.4 is 10.4 Å². The van der Waals surface area contributed by atoms with Gasteiger partial charge in [-0.2, -0.15) is 0 Å². The molecule has 1 aromatic carbocycles. The highest BCUT2D eigenvalue weighted by Crippen LogP contribution is 2.32. The normalized spacial score (nSPS) is 15.7. The van der Waals surface area contributed by atoms with Crippen LogP contribution in [0.15, 0.2) is 48.8 Å². The summed E-state index contributed by atoms with van der Waals surface area (Å²) in [6, 6.07) is 11.8. The fourth-order valence-electron chi connectivity index (χ4n) is 3.45. The summed E-state index contributed by atoms with van der Waals surface area (Å²) in [5.74, 6) is -1.38. The van der Waals surface area contributed by atoms with Crippen LogP contribution in [0, 0.1) is 10.8 Å². The van der Waals surface area contributed by atoms with Crippen molar-refractivity contribution in [2.45, 2.75) is 33.7 Å². The van der Waals surface area contributed by atoms with Crippen LogP contribution in [-0.2, 0) is 14.4 Å². The first-order valence-electron chi connectivity index (χ1n) is 11.1. The van der Waals surface area contributed by atoms with Gasteiger partial charge in [-0.05, 0) is 29.0 Å². The molecule has 35 heavy (non-hydrogen) atoms. The predicted octanol–water partition coefficient (Wildman–Crippen LogP) is 4.17. The number of carbonyl (C=O) groups excluding carboxylic acids is 3. The fourth-order valence-corrected chi connectivity index (χ4v) is 4.63. The number of carbonyl (C=O) groups is 3. The largest absolute Gasteiger partial charge is 0.356 e. The molecular weight excluding hydrogens is 578 g/mol. The summed E-state index contributed by atoms with van der Waals surface area (Å²) in [5.41, 5.74) is 0.927. The maximum absolute atomic E-state index is 12.7. The number of pyridine rings is 1. The Morgan fingerprint density at radius 2 is 1.71 bits per heavy atom. The van der Waals surface area contributed by atoms with Crippen LogP contribution in [0.1, 0.15) is 33.3 Å². The second-order valence-corrected chi connectivity index (χ2v) is 11.0. The SMILES string of the molecule is CC1CN(C(=O)C(=O)Nc2cncc(C=N)c2NPI)CCN1C(=O)C(C)(C)C.c1ccccc1. The number of halogens is 1. The molecule has 3 rings (SSSR count). The monoisotopic (exact) mass is 610 g/mol. The van der Waals surface area contributed by atoms with E-state index in [1.165, 1.54) is 17.3 Å². The lowest BCUT2D eigenvalue weighted by Crippen LogP contribution is -2.58. The molecule has 188 valence electrons. The lowest BCUT2D eigenvalue weighted by molar-refractivity contribution is -0.150. The summed E-state index contributed by atoms with van der Waals surface area (Å²) in [6.45, 7) is 8.47. The molecule has 1 saturated heterocycles. The Hall–Kier alpha value is -2.59. The van der Waals surface area contributed by atoms with Gasteiger partial charge in [-0.1, -0.05) is 57.2 Å². The Kier molecular flexibility index (Phi) is 11.0. The number of hydrogen-bond acceptors (Lipinski definition) is 6. The highest BCUT2D eigenvalue weighted by molar-refractivity contribution is 14.2. The molecule has 1 aromatic heterocycles. The molecule has 0 spiro atoms. The number of nitrogens with one attached hydrogen (secondary N) is 3. The number of amides is 3. The second kappa shape index (κ2) is 13.5. The van der Waals surface area contributed by atoms with Crippen LogP contribution in [0.5, 0.6) is 0 Å². The summed E-state index contributed by atoms with van der Waals surface area (Å²) in [4.78, 5) is 45.0. The van der Waals surface area contributed by atoms with Gasteiger partial charge in [0.25, 0.3) is 0 Å². The van der Waals surface area contributed by atoms with Crippen LogP contribution in [-0.4, -0.2) is 64.4 Å². The van der Waals surface area contributed by atoms with E-state index in [1.54, 1.807) is 4.90 Å². The van der Waals surface area contributed by atoms with E-state index in [4.69, 9.17) is 5.41 Å². The lowest BCUT2D eigenvalue weighted by atomic mass is 9.93. The molecule has 0 bridgehead atoms. The molecule has 3 N–H and O–H groups in total. The standard InChI is InChI=1S/C18H26IN6O3P.C6H6/c1-11-10-24(5-6-25(11)17(28)18(2,3)4)16(27)15(26)22-13-9-21-8-12(7-20)14(13)23-29-19;1-2-4-6-5-3-1/h7-9,11,20,29H,5-6,10H2,1-4H3,(H,21,23)(H,22,26);1-6H. The smallest absolute Gasteiger partial charge is 0.314 e. The van der Waals surface area contributed by atoms with E-state index in [0.29, 0.717) is 42.9 Å². The van der Waals surface area contributed by atoms with Crippen molar-refractivity contribution in [1.82, 2.24) is 14.8 Å². The molecule has 9 nitrogen and oxygen atoms in total. The minimum absolute atomic E-state index is 0.0337. The second-order valence-electron chi connectivity index (χ2n) is 8.97. The Bertz CT molecular complexity index is 1000. The van der Waals surface area contributed by atoms with Crippen LogP contribution in [0.3, 0.4) is 0 Å². The van der Waals surface area contributed by atoms with Crippen LogP contribution in [0.2, 0.25) is 0 Å². The molecule has 2 unspecified atom stereocenters. The van der Waals surface area contributed by atoms with Gasteiger partial charge in [0.05, 0.1) is 17.6 Å². The third kappa shape index (κ3) is 8.24. The lowest BCUT2D eigenvalue weighted by Gasteiger charge is -2.42.